The summed E-state index contributed by atoms with van der Waals surface area (Å²) in [5.74, 6) is -0.652. The molecule has 1 aromatic rings. The molecule has 0 aliphatic carbocycles. The van der Waals surface area contributed by atoms with Crippen molar-refractivity contribution in [3.8, 4) is 0 Å². The number of oxime groups is 1. The molecule has 0 amide bonds. The van der Waals surface area contributed by atoms with Gasteiger partial charge in [0.25, 0.3) is 0 Å². The summed E-state index contributed by atoms with van der Waals surface area (Å²) in [7, 11) is 2.56. The van der Waals surface area contributed by atoms with Crippen LogP contribution in [0.25, 0.3) is 0 Å². The highest BCUT2D eigenvalue weighted by Gasteiger charge is 2.19. The summed E-state index contributed by atoms with van der Waals surface area (Å²) in [6, 6.07) is 6.96. The Bertz CT molecular complexity index is 391. The largest absolute Gasteiger partial charge is 0.464 e. The lowest BCUT2D eigenvalue weighted by Crippen LogP contribution is -2.25. The number of benzene rings is 1. The highest BCUT2D eigenvalue weighted by Crippen LogP contribution is 2.08. The smallest absolute Gasteiger partial charge is 0.378 e. The summed E-state index contributed by atoms with van der Waals surface area (Å²) in [6.07, 6.45) is 0.272. The molecule has 0 aliphatic heterocycles. The van der Waals surface area contributed by atoms with Crippen LogP contribution in [0, 0.1) is 0 Å². The summed E-state index contributed by atoms with van der Waals surface area (Å²) in [5.41, 5.74) is 0.786. The second kappa shape index (κ2) is 6.88. The maximum absolute atomic E-state index is 11.1. The molecule has 0 fully saturated rings. The van der Waals surface area contributed by atoms with Gasteiger partial charge >= 0.3 is 12.3 Å². The van der Waals surface area contributed by atoms with E-state index in [0.717, 1.165) is 5.56 Å². The molecular formula is C11H12ClNO4. The highest BCUT2D eigenvalue weighted by molar-refractivity contribution is 6.30. The summed E-state index contributed by atoms with van der Waals surface area (Å²) in [6.45, 7) is 0. The average molecular weight is 258 g/mol. The van der Waals surface area contributed by atoms with Gasteiger partial charge in [-0.05, 0) is 17.7 Å². The normalized spacial score (nSPS) is 12.4. The molecule has 0 spiro atoms. The van der Waals surface area contributed by atoms with Crippen LogP contribution in [-0.4, -0.2) is 32.7 Å². The molecule has 5 nitrogen and oxygen atoms in total. The van der Waals surface area contributed by atoms with Crippen LogP contribution in [0.15, 0.2) is 29.4 Å². The van der Waals surface area contributed by atoms with Gasteiger partial charge in [-0.1, -0.05) is 28.9 Å². The SMILES string of the molecule is COC(=O)C(OC)ON=Cc1ccc(Cl)cc1. The van der Waals surface area contributed by atoms with Crippen LogP contribution in [-0.2, 0) is 19.1 Å². The van der Waals surface area contributed by atoms with Crippen molar-refractivity contribution in [2.24, 2.45) is 5.16 Å². The monoisotopic (exact) mass is 257 g/mol. The van der Waals surface area contributed by atoms with Gasteiger partial charge in [0.2, 0.25) is 0 Å². The van der Waals surface area contributed by atoms with Gasteiger partial charge in [-0.3, -0.25) is 0 Å². The fraction of sp³-hybridized carbons (Fsp3) is 0.273. The Kier molecular flexibility index (Phi) is 5.45. The molecule has 0 aromatic heterocycles. The van der Waals surface area contributed by atoms with E-state index in [2.05, 4.69) is 9.89 Å². The minimum Gasteiger partial charge on any atom is -0.464 e. The number of esters is 1. The first-order valence-corrected chi connectivity index (χ1v) is 5.10. The number of methoxy groups -OCH3 is 2. The van der Waals surface area contributed by atoms with Crippen LogP contribution in [0.5, 0.6) is 0 Å². The van der Waals surface area contributed by atoms with Gasteiger partial charge in [0.05, 0.1) is 13.3 Å². The van der Waals surface area contributed by atoms with Crippen molar-refractivity contribution in [3.05, 3.63) is 34.9 Å². The van der Waals surface area contributed by atoms with Crippen molar-refractivity contribution >= 4 is 23.8 Å². The number of rotatable bonds is 5. The summed E-state index contributed by atoms with van der Waals surface area (Å²) in [4.78, 5) is 15.9. The van der Waals surface area contributed by atoms with E-state index in [1.807, 2.05) is 0 Å². The number of carbonyl (C=O) groups is 1. The maximum Gasteiger partial charge on any atom is 0.378 e. The van der Waals surface area contributed by atoms with Gasteiger partial charge in [0.15, 0.2) is 0 Å². The van der Waals surface area contributed by atoms with E-state index in [1.54, 1.807) is 24.3 Å². The number of halogens is 1. The molecular weight excluding hydrogens is 246 g/mol. The average Bonchev–Trinajstić information content (AvgIpc) is 2.36. The number of ether oxygens (including phenoxy) is 2. The lowest BCUT2D eigenvalue weighted by molar-refractivity contribution is -0.186. The van der Waals surface area contributed by atoms with E-state index in [-0.39, 0.29) is 0 Å². The molecule has 0 aliphatic rings. The van der Waals surface area contributed by atoms with Gasteiger partial charge < -0.3 is 14.3 Å². The highest BCUT2D eigenvalue weighted by atomic mass is 35.5. The summed E-state index contributed by atoms with van der Waals surface area (Å²) >= 11 is 5.72. The topological polar surface area (TPSA) is 57.1 Å². The minimum atomic E-state index is -1.16. The molecule has 0 saturated heterocycles. The van der Waals surface area contributed by atoms with E-state index in [1.165, 1.54) is 20.4 Å². The third-order valence-corrected chi connectivity index (χ3v) is 2.09. The Morgan fingerprint density at radius 2 is 2.00 bits per heavy atom. The van der Waals surface area contributed by atoms with E-state index < -0.39 is 12.3 Å². The third-order valence-electron chi connectivity index (χ3n) is 1.84. The predicted molar refractivity (Wildman–Crippen MR) is 62.9 cm³/mol. The van der Waals surface area contributed by atoms with Crippen LogP contribution in [0.1, 0.15) is 5.56 Å². The second-order valence-electron chi connectivity index (χ2n) is 2.98. The standard InChI is InChI=1S/C11H12ClNO4/c1-15-10(14)11(16-2)17-13-7-8-3-5-9(12)6-4-8/h3-7,11H,1-2H3. The Hall–Kier alpha value is -1.59. The summed E-state index contributed by atoms with van der Waals surface area (Å²) < 4.78 is 9.17. The first-order valence-electron chi connectivity index (χ1n) is 4.72. The molecule has 0 heterocycles. The Labute approximate surface area is 104 Å². The second-order valence-corrected chi connectivity index (χ2v) is 3.42. The predicted octanol–water partition coefficient (Wildman–Crippen LogP) is 1.84. The zero-order valence-electron chi connectivity index (χ0n) is 9.42. The molecule has 0 bridgehead atoms. The third kappa shape index (κ3) is 4.42. The minimum absolute atomic E-state index is 0.632. The van der Waals surface area contributed by atoms with Crippen molar-refractivity contribution in [2.45, 2.75) is 6.29 Å². The Balaban J connectivity index is 2.54. The molecule has 92 valence electrons. The van der Waals surface area contributed by atoms with Crippen molar-refractivity contribution in [1.29, 1.82) is 0 Å². The first-order chi connectivity index (χ1) is 8.17. The van der Waals surface area contributed by atoms with E-state index >= 15 is 0 Å². The molecule has 17 heavy (non-hydrogen) atoms. The van der Waals surface area contributed by atoms with E-state index in [4.69, 9.17) is 21.2 Å². The molecule has 6 heteroatoms. The van der Waals surface area contributed by atoms with Crippen molar-refractivity contribution < 1.29 is 19.1 Å². The van der Waals surface area contributed by atoms with Crippen molar-refractivity contribution in [2.75, 3.05) is 14.2 Å². The molecule has 1 atom stereocenters. The van der Waals surface area contributed by atoms with Crippen LogP contribution in [0.4, 0.5) is 0 Å². The van der Waals surface area contributed by atoms with Gasteiger partial charge in [-0.25, -0.2) is 4.79 Å². The quantitative estimate of drug-likeness (QED) is 0.350. The van der Waals surface area contributed by atoms with Crippen molar-refractivity contribution in [3.63, 3.8) is 0 Å². The van der Waals surface area contributed by atoms with E-state index in [9.17, 15) is 4.79 Å². The van der Waals surface area contributed by atoms with Crippen LogP contribution in [0.3, 0.4) is 0 Å². The van der Waals surface area contributed by atoms with Gasteiger partial charge in [0.1, 0.15) is 0 Å². The molecule has 0 N–H and O–H groups in total. The zero-order chi connectivity index (χ0) is 12.7. The number of nitrogens with zero attached hydrogens (tertiary/aromatic N) is 1. The van der Waals surface area contributed by atoms with E-state index in [0.29, 0.717) is 5.02 Å². The fourth-order valence-electron chi connectivity index (χ4n) is 0.974. The number of hydrogen-bond acceptors (Lipinski definition) is 5. The van der Waals surface area contributed by atoms with Gasteiger partial charge in [-0.15, -0.1) is 0 Å². The lowest BCUT2D eigenvalue weighted by Gasteiger charge is -2.09. The molecule has 0 saturated carbocycles. The molecule has 1 rings (SSSR count). The zero-order valence-corrected chi connectivity index (χ0v) is 10.2. The lowest BCUT2D eigenvalue weighted by atomic mass is 10.2. The van der Waals surface area contributed by atoms with Crippen molar-refractivity contribution in [1.82, 2.24) is 0 Å². The first kappa shape index (κ1) is 13.5. The molecule has 1 unspecified atom stereocenters. The Morgan fingerprint density at radius 3 is 2.53 bits per heavy atom. The van der Waals surface area contributed by atoms with Crippen LogP contribution >= 0.6 is 11.6 Å². The summed E-state index contributed by atoms with van der Waals surface area (Å²) in [5, 5.41) is 4.25. The Morgan fingerprint density at radius 1 is 1.35 bits per heavy atom. The number of hydrogen-bond donors (Lipinski definition) is 0. The molecule has 1 aromatic carbocycles. The fourth-order valence-corrected chi connectivity index (χ4v) is 1.10. The van der Waals surface area contributed by atoms with Gasteiger partial charge in [-0.2, -0.15) is 0 Å². The maximum atomic E-state index is 11.1. The molecule has 0 radical (unpaired) electrons. The van der Waals surface area contributed by atoms with Crippen LogP contribution in [0.2, 0.25) is 5.02 Å². The van der Waals surface area contributed by atoms with Gasteiger partial charge in [0, 0.05) is 12.1 Å². The number of carbonyl (C=O) groups excluding carboxylic acids is 1. The van der Waals surface area contributed by atoms with Crippen LogP contribution < -0.4 is 0 Å².